The van der Waals surface area contributed by atoms with Crippen molar-refractivity contribution in [3.8, 4) is 17.6 Å². The van der Waals surface area contributed by atoms with E-state index in [1.807, 2.05) is 13.8 Å². The number of unbranched alkanes of at least 4 members (excludes halogenated alkanes) is 1. The van der Waals surface area contributed by atoms with Crippen molar-refractivity contribution in [1.82, 2.24) is 4.98 Å². The Kier molecular flexibility index (Phi) is 9.85. The Morgan fingerprint density at radius 1 is 1.12 bits per heavy atom. The van der Waals surface area contributed by atoms with Crippen LogP contribution in [0.3, 0.4) is 0 Å². The molecule has 1 aromatic rings. The molecule has 0 spiro atoms. The maximum atomic E-state index is 13.6. The summed E-state index contributed by atoms with van der Waals surface area (Å²) < 4.78 is 57.7. The van der Waals surface area contributed by atoms with Gasteiger partial charge in [0.25, 0.3) is 0 Å². The quantitative estimate of drug-likeness (QED) is 0.316. The number of hydrogen-bond acceptors (Lipinski definition) is 4. The Balaban J connectivity index is 2.07. The van der Waals surface area contributed by atoms with E-state index in [4.69, 9.17) is 14.2 Å². The summed E-state index contributed by atoms with van der Waals surface area (Å²) in [6, 6.07) is 2.81. The fourth-order valence-electron chi connectivity index (χ4n) is 4.27. The predicted octanol–water partition coefficient (Wildman–Crippen LogP) is 7.05. The second-order valence-electron chi connectivity index (χ2n) is 10.8. The second kappa shape index (κ2) is 11.8. The summed E-state index contributed by atoms with van der Waals surface area (Å²) >= 11 is 0. The SMILES string of the molecule is CCCCC(C)OCC(C)(C)CC(C)(C)C#Cc1ccc(OC2CC(OC)C2)c(C(F)(F)F)n1. The zero-order valence-corrected chi connectivity index (χ0v) is 21.6. The van der Waals surface area contributed by atoms with E-state index in [1.54, 1.807) is 7.11 Å². The minimum atomic E-state index is -4.62. The molecule has 34 heavy (non-hydrogen) atoms. The molecule has 1 aromatic heterocycles. The van der Waals surface area contributed by atoms with Crippen LogP contribution in [0.15, 0.2) is 12.1 Å². The number of methoxy groups -OCH3 is 1. The summed E-state index contributed by atoms with van der Waals surface area (Å²) in [6.07, 6.45) is 0.530. The van der Waals surface area contributed by atoms with Gasteiger partial charge in [-0.3, -0.25) is 0 Å². The van der Waals surface area contributed by atoms with Crippen LogP contribution in [0.4, 0.5) is 13.2 Å². The molecule has 1 unspecified atom stereocenters. The molecule has 1 saturated carbocycles. The normalized spacial score (nSPS) is 19.7. The van der Waals surface area contributed by atoms with Crippen LogP contribution < -0.4 is 4.74 Å². The van der Waals surface area contributed by atoms with Crippen LogP contribution in [0.25, 0.3) is 0 Å². The predicted molar refractivity (Wildman–Crippen MR) is 128 cm³/mol. The van der Waals surface area contributed by atoms with E-state index in [9.17, 15) is 13.2 Å². The molecule has 1 aliphatic rings. The molecular formula is C27H40F3NO3. The summed E-state index contributed by atoms with van der Waals surface area (Å²) in [6.45, 7) is 13.1. The van der Waals surface area contributed by atoms with E-state index in [1.165, 1.54) is 12.1 Å². The maximum Gasteiger partial charge on any atom is 0.437 e. The minimum Gasteiger partial charge on any atom is -0.488 e. The van der Waals surface area contributed by atoms with Crippen molar-refractivity contribution >= 4 is 0 Å². The number of ether oxygens (including phenoxy) is 3. The van der Waals surface area contributed by atoms with Crippen LogP contribution in [0.1, 0.15) is 91.5 Å². The van der Waals surface area contributed by atoms with Gasteiger partial charge in [-0.05, 0) is 57.1 Å². The number of rotatable bonds is 11. The molecular weight excluding hydrogens is 443 g/mol. The van der Waals surface area contributed by atoms with Crippen molar-refractivity contribution in [2.45, 2.75) is 105 Å². The van der Waals surface area contributed by atoms with Gasteiger partial charge in [-0.25, -0.2) is 4.98 Å². The van der Waals surface area contributed by atoms with Gasteiger partial charge in [0.1, 0.15) is 11.8 Å². The lowest BCUT2D eigenvalue weighted by molar-refractivity contribution is -0.144. The van der Waals surface area contributed by atoms with Crippen LogP contribution in [0.5, 0.6) is 5.75 Å². The van der Waals surface area contributed by atoms with Gasteiger partial charge < -0.3 is 14.2 Å². The zero-order chi connectivity index (χ0) is 25.6. The average molecular weight is 484 g/mol. The van der Waals surface area contributed by atoms with Gasteiger partial charge in [0.15, 0.2) is 11.4 Å². The lowest BCUT2D eigenvalue weighted by atomic mass is 9.76. The minimum absolute atomic E-state index is 0.0360. The molecule has 1 heterocycles. The molecule has 1 aliphatic carbocycles. The van der Waals surface area contributed by atoms with Gasteiger partial charge in [-0.2, -0.15) is 13.2 Å². The number of halogens is 3. The first-order chi connectivity index (χ1) is 15.7. The Morgan fingerprint density at radius 2 is 1.79 bits per heavy atom. The second-order valence-corrected chi connectivity index (χ2v) is 10.8. The standard InChI is InChI=1S/C27H40F3NO3/c1-8-9-10-19(2)33-18-26(5,6)17-25(3,4)14-13-20-11-12-23(24(31-20)27(28,29)30)34-22-15-21(16-22)32-7/h11-12,19,21-22H,8-10,15-18H2,1-7H3. The summed E-state index contributed by atoms with van der Waals surface area (Å²) in [7, 11) is 1.58. The lowest BCUT2D eigenvalue weighted by Gasteiger charge is -2.34. The molecule has 7 heteroatoms. The smallest absolute Gasteiger partial charge is 0.437 e. The highest BCUT2D eigenvalue weighted by Gasteiger charge is 2.39. The largest absolute Gasteiger partial charge is 0.488 e. The first-order valence-electron chi connectivity index (χ1n) is 12.2. The van der Waals surface area contributed by atoms with Crippen molar-refractivity contribution in [3.05, 3.63) is 23.5 Å². The van der Waals surface area contributed by atoms with Crippen molar-refractivity contribution in [2.75, 3.05) is 13.7 Å². The topological polar surface area (TPSA) is 40.6 Å². The van der Waals surface area contributed by atoms with E-state index >= 15 is 0 Å². The van der Waals surface area contributed by atoms with Gasteiger partial charge in [0, 0.05) is 25.4 Å². The third-order valence-corrected chi connectivity index (χ3v) is 5.98. The van der Waals surface area contributed by atoms with Crippen molar-refractivity contribution in [3.63, 3.8) is 0 Å². The molecule has 1 fully saturated rings. The Hall–Kier alpha value is -1.78. The molecule has 1 atom stereocenters. The first kappa shape index (κ1) is 28.5. The van der Waals surface area contributed by atoms with E-state index in [0.29, 0.717) is 19.4 Å². The molecule has 192 valence electrons. The fourth-order valence-corrected chi connectivity index (χ4v) is 4.27. The van der Waals surface area contributed by atoms with E-state index in [0.717, 1.165) is 25.7 Å². The van der Waals surface area contributed by atoms with E-state index < -0.39 is 17.3 Å². The monoisotopic (exact) mass is 483 g/mol. The molecule has 0 saturated heterocycles. The summed E-state index contributed by atoms with van der Waals surface area (Å²) in [5.41, 5.74) is -1.49. The van der Waals surface area contributed by atoms with E-state index in [-0.39, 0.29) is 35.2 Å². The highest BCUT2D eigenvalue weighted by atomic mass is 19.4. The maximum absolute atomic E-state index is 13.6. The van der Waals surface area contributed by atoms with Crippen molar-refractivity contribution in [2.24, 2.45) is 10.8 Å². The number of hydrogen-bond donors (Lipinski definition) is 0. The summed E-state index contributed by atoms with van der Waals surface area (Å²) in [4.78, 5) is 3.80. The van der Waals surface area contributed by atoms with Crippen LogP contribution >= 0.6 is 0 Å². The van der Waals surface area contributed by atoms with Gasteiger partial charge in [0.05, 0.1) is 18.8 Å². The van der Waals surface area contributed by atoms with Crippen LogP contribution in [0, 0.1) is 22.7 Å². The molecule has 0 aromatic carbocycles. The number of alkyl halides is 3. The molecule has 0 amide bonds. The number of aromatic nitrogens is 1. The molecule has 0 N–H and O–H groups in total. The highest BCUT2D eigenvalue weighted by Crippen LogP contribution is 2.38. The Bertz CT molecular complexity index is 849. The zero-order valence-electron chi connectivity index (χ0n) is 21.6. The van der Waals surface area contributed by atoms with Gasteiger partial charge in [0.2, 0.25) is 0 Å². The third kappa shape index (κ3) is 9.11. The molecule has 4 nitrogen and oxygen atoms in total. The van der Waals surface area contributed by atoms with Crippen LogP contribution in [0.2, 0.25) is 0 Å². The van der Waals surface area contributed by atoms with Crippen molar-refractivity contribution in [1.29, 1.82) is 0 Å². The van der Waals surface area contributed by atoms with Crippen molar-refractivity contribution < 1.29 is 27.4 Å². The van der Waals surface area contributed by atoms with Gasteiger partial charge >= 0.3 is 6.18 Å². The lowest BCUT2D eigenvalue weighted by Crippen LogP contribution is -2.39. The van der Waals surface area contributed by atoms with Gasteiger partial charge in [-0.1, -0.05) is 39.5 Å². The number of pyridine rings is 1. The van der Waals surface area contributed by atoms with Crippen LogP contribution in [-0.4, -0.2) is 37.0 Å². The fraction of sp³-hybridized carbons (Fsp3) is 0.741. The average Bonchev–Trinajstić information content (AvgIpc) is 2.70. The summed E-state index contributed by atoms with van der Waals surface area (Å²) in [5.74, 6) is 5.74. The van der Waals surface area contributed by atoms with E-state index in [2.05, 4.69) is 44.5 Å². The van der Waals surface area contributed by atoms with Gasteiger partial charge in [-0.15, -0.1) is 0 Å². The molecule has 0 aliphatic heterocycles. The molecule has 0 radical (unpaired) electrons. The number of nitrogens with zero attached hydrogens (tertiary/aromatic N) is 1. The van der Waals surface area contributed by atoms with Crippen LogP contribution in [-0.2, 0) is 15.7 Å². The summed E-state index contributed by atoms with van der Waals surface area (Å²) in [5, 5.41) is 0. The highest BCUT2D eigenvalue weighted by molar-refractivity contribution is 5.38. The third-order valence-electron chi connectivity index (χ3n) is 5.98. The Labute approximate surface area is 203 Å². The molecule has 0 bridgehead atoms. The first-order valence-corrected chi connectivity index (χ1v) is 12.2. The molecule has 2 rings (SSSR count). The Morgan fingerprint density at radius 3 is 2.38 bits per heavy atom.